The molecular formula is C7H8N2O3. The van der Waals surface area contributed by atoms with Gasteiger partial charge in [0.25, 0.3) is 0 Å². The van der Waals surface area contributed by atoms with Crippen molar-refractivity contribution in [1.82, 2.24) is 0 Å². The average molecular weight is 168 g/mol. The molecule has 0 aliphatic carbocycles. The molecule has 0 aliphatic heterocycles. The zero-order chi connectivity index (χ0) is 9.14. The summed E-state index contributed by atoms with van der Waals surface area (Å²) in [4.78, 5) is 9.65. The van der Waals surface area contributed by atoms with Crippen LogP contribution >= 0.6 is 0 Å². The lowest BCUT2D eigenvalue weighted by Gasteiger charge is -2.00. The Hall–Kier alpha value is -1.62. The first-order valence-electron chi connectivity index (χ1n) is 3.32. The summed E-state index contributed by atoms with van der Waals surface area (Å²) in [5.41, 5.74) is 5.31. The van der Waals surface area contributed by atoms with Crippen LogP contribution in [0.15, 0.2) is 18.2 Å². The van der Waals surface area contributed by atoms with Crippen molar-refractivity contribution in [2.45, 2.75) is 6.54 Å². The molecular weight excluding hydrogens is 160 g/mol. The van der Waals surface area contributed by atoms with E-state index in [2.05, 4.69) is 0 Å². The van der Waals surface area contributed by atoms with Crippen molar-refractivity contribution in [1.29, 1.82) is 0 Å². The molecule has 12 heavy (non-hydrogen) atoms. The number of para-hydroxylation sites is 1. The van der Waals surface area contributed by atoms with Crippen molar-refractivity contribution >= 4 is 5.69 Å². The molecule has 1 aromatic carbocycles. The van der Waals surface area contributed by atoms with Gasteiger partial charge in [0.05, 0.1) is 4.92 Å². The highest BCUT2D eigenvalue weighted by atomic mass is 16.6. The molecule has 3 N–H and O–H groups in total. The highest BCUT2D eigenvalue weighted by molar-refractivity contribution is 5.50. The molecule has 5 heteroatoms. The Balaban J connectivity index is 3.23. The molecule has 64 valence electrons. The standard InChI is InChI=1S/C7H8N2O3/c8-4-5-2-1-3-6(7(5)10)9(11)12/h1-3,10H,4,8H2. The first kappa shape index (κ1) is 8.48. The summed E-state index contributed by atoms with van der Waals surface area (Å²) in [6.45, 7) is 0.0908. The Morgan fingerprint density at radius 1 is 1.58 bits per heavy atom. The fourth-order valence-electron chi connectivity index (χ4n) is 0.890. The molecule has 0 fully saturated rings. The summed E-state index contributed by atoms with van der Waals surface area (Å²) in [6, 6.07) is 4.26. The largest absolute Gasteiger partial charge is 0.502 e. The van der Waals surface area contributed by atoms with Gasteiger partial charge in [-0.15, -0.1) is 0 Å². The van der Waals surface area contributed by atoms with Crippen LogP contribution in [0.1, 0.15) is 5.56 Å². The Bertz CT molecular complexity index is 312. The highest BCUT2D eigenvalue weighted by Crippen LogP contribution is 2.28. The van der Waals surface area contributed by atoms with Gasteiger partial charge in [-0.3, -0.25) is 10.1 Å². The number of hydrogen-bond acceptors (Lipinski definition) is 4. The van der Waals surface area contributed by atoms with E-state index in [0.29, 0.717) is 5.56 Å². The molecule has 0 atom stereocenters. The molecule has 0 aromatic heterocycles. The molecule has 0 spiro atoms. The molecule has 0 amide bonds. The lowest BCUT2D eigenvalue weighted by atomic mass is 10.2. The first-order valence-corrected chi connectivity index (χ1v) is 3.32. The molecule has 0 aliphatic rings. The van der Waals surface area contributed by atoms with Crippen LogP contribution in [0, 0.1) is 10.1 Å². The maximum Gasteiger partial charge on any atom is 0.311 e. The third kappa shape index (κ3) is 1.35. The quantitative estimate of drug-likeness (QED) is 0.503. The van der Waals surface area contributed by atoms with Crippen molar-refractivity contribution < 1.29 is 10.0 Å². The summed E-state index contributed by atoms with van der Waals surface area (Å²) < 4.78 is 0. The number of nitro groups is 1. The van der Waals surface area contributed by atoms with Gasteiger partial charge in [0.1, 0.15) is 0 Å². The molecule has 5 nitrogen and oxygen atoms in total. The number of phenolic OH excluding ortho intramolecular Hbond substituents is 1. The summed E-state index contributed by atoms with van der Waals surface area (Å²) >= 11 is 0. The van der Waals surface area contributed by atoms with E-state index in [0.717, 1.165) is 0 Å². The predicted octanol–water partition coefficient (Wildman–Crippen LogP) is 0.759. The number of rotatable bonds is 2. The second kappa shape index (κ2) is 3.19. The normalized spacial score (nSPS) is 9.75. The van der Waals surface area contributed by atoms with Crippen LogP contribution in [-0.4, -0.2) is 10.0 Å². The Kier molecular flexibility index (Phi) is 2.25. The maximum absolute atomic E-state index is 10.3. The van der Waals surface area contributed by atoms with Gasteiger partial charge in [-0.05, 0) is 0 Å². The van der Waals surface area contributed by atoms with Gasteiger partial charge >= 0.3 is 5.69 Å². The van der Waals surface area contributed by atoms with Gasteiger partial charge in [0, 0.05) is 18.2 Å². The minimum absolute atomic E-state index is 0.0908. The second-order valence-corrected chi connectivity index (χ2v) is 2.25. The fourth-order valence-corrected chi connectivity index (χ4v) is 0.890. The number of nitro benzene ring substituents is 1. The Labute approximate surface area is 68.6 Å². The van der Waals surface area contributed by atoms with E-state index in [-0.39, 0.29) is 18.0 Å². The van der Waals surface area contributed by atoms with Gasteiger partial charge in [0.15, 0.2) is 5.75 Å². The van der Waals surface area contributed by atoms with Gasteiger partial charge in [0.2, 0.25) is 0 Å². The molecule has 0 unspecified atom stereocenters. The second-order valence-electron chi connectivity index (χ2n) is 2.25. The van der Waals surface area contributed by atoms with Crippen molar-refractivity contribution in [2.75, 3.05) is 0 Å². The van der Waals surface area contributed by atoms with Gasteiger partial charge < -0.3 is 10.8 Å². The lowest BCUT2D eigenvalue weighted by molar-refractivity contribution is -0.385. The third-order valence-electron chi connectivity index (χ3n) is 1.51. The van der Waals surface area contributed by atoms with Crippen LogP contribution in [0.5, 0.6) is 5.75 Å². The lowest BCUT2D eigenvalue weighted by Crippen LogP contribution is -1.98. The minimum atomic E-state index is -0.644. The highest BCUT2D eigenvalue weighted by Gasteiger charge is 2.14. The van der Waals surface area contributed by atoms with Crippen LogP contribution in [0.2, 0.25) is 0 Å². The van der Waals surface area contributed by atoms with Crippen LogP contribution in [0.4, 0.5) is 5.69 Å². The number of phenols is 1. The zero-order valence-electron chi connectivity index (χ0n) is 6.23. The summed E-state index contributed by atoms with van der Waals surface area (Å²) in [6.07, 6.45) is 0. The number of nitrogens with zero attached hydrogens (tertiary/aromatic N) is 1. The van der Waals surface area contributed by atoms with E-state index in [1.165, 1.54) is 12.1 Å². The van der Waals surface area contributed by atoms with E-state index < -0.39 is 4.92 Å². The molecule has 0 saturated heterocycles. The number of aromatic hydroxyl groups is 1. The van der Waals surface area contributed by atoms with E-state index in [1.807, 2.05) is 0 Å². The van der Waals surface area contributed by atoms with Crippen molar-refractivity contribution in [2.24, 2.45) is 5.73 Å². The number of nitrogens with two attached hydrogens (primary N) is 1. The van der Waals surface area contributed by atoms with E-state index in [1.54, 1.807) is 6.07 Å². The molecule has 1 rings (SSSR count). The Morgan fingerprint density at radius 2 is 2.25 bits per heavy atom. The fraction of sp³-hybridized carbons (Fsp3) is 0.143. The molecule has 0 heterocycles. The summed E-state index contributed by atoms with van der Waals surface area (Å²) in [5.74, 6) is -0.343. The van der Waals surface area contributed by atoms with Crippen molar-refractivity contribution in [3.8, 4) is 5.75 Å². The summed E-state index contributed by atoms with van der Waals surface area (Å²) in [5, 5.41) is 19.5. The maximum atomic E-state index is 10.3. The van der Waals surface area contributed by atoms with E-state index in [4.69, 9.17) is 5.73 Å². The zero-order valence-corrected chi connectivity index (χ0v) is 6.23. The topological polar surface area (TPSA) is 89.4 Å². The predicted molar refractivity (Wildman–Crippen MR) is 42.7 cm³/mol. The first-order chi connectivity index (χ1) is 5.66. The smallest absolute Gasteiger partial charge is 0.311 e. The van der Waals surface area contributed by atoms with E-state index >= 15 is 0 Å². The van der Waals surface area contributed by atoms with Gasteiger partial charge in [-0.2, -0.15) is 0 Å². The molecule has 0 radical (unpaired) electrons. The van der Waals surface area contributed by atoms with Crippen molar-refractivity contribution in [3.63, 3.8) is 0 Å². The minimum Gasteiger partial charge on any atom is -0.502 e. The molecule has 1 aromatic rings. The van der Waals surface area contributed by atoms with Gasteiger partial charge in [-0.25, -0.2) is 0 Å². The van der Waals surface area contributed by atoms with E-state index in [9.17, 15) is 15.2 Å². The summed E-state index contributed by atoms with van der Waals surface area (Å²) in [7, 11) is 0. The van der Waals surface area contributed by atoms with Crippen LogP contribution < -0.4 is 5.73 Å². The Morgan fingerprint density at radius 3 is 2.75 bits per heavy atom. The van der Waals surface area contributed by atoms with Gasteiger partial charge in [-0.1, -0.05) is 12.1 Å². The monoisotopic (exact) mass is 168 g/mol. The van der Waals surface area contributed by atoms with Crippen molar-refractivity contribution in [3.05, 3.63) is 33.9 Å². The number of hydrogen-bond donors (Lipinski definition) is 2. The molecule has 0 bridgehead atoms. The number of benzene rings is 1. The van der Waals surface area contributed by atoms with Crippen LogP contribution in [-0.2, 0) is 6.54 Å². The van der Waals surface area contributed by atoms with Crippen LogP contribution in [0.3, 0.4) is 0 Å². The third-order valence-corrected chi connectivity index (χ3v) is 1.51. The van der Waals surface area contributed by atoms with Crippen LogP contribution in [0.25, 0.3) is 0 Å². The average Bonchev–Trinajstić information content (AvgIpc) is 2.04. The SMILES string of the molecule is NCc1cccc([N+](=O)[O-])c1O. The molecule has 0 saturated carbocycles.